The quantitative estimate of drug-likeness (QED) is 0.666. The first-order valence-electron chi connectivity index (χ1n) is 7.93. The fourth-order valence-corrected chi connectivity index (χ4v) is 2.51. The number of Topliss-reactive ketones (excluding diaryl/α,β-unsaturated/α-hetero) is 1. The van der Waals surface area contributed by atoms with Crippen LogP contribution in [0.1, 0.15) is 33.6 Å². The number of carboxylic acids is 1. The van der Waals surface area contributed by atoms with Gasteiger partial charge in [-0.1, -0.05) is 11.6 Å². The number of carbonyl (C=O) groups is 3. The molecule has 2 N–H and O–H groups in total. The highest BCUT2D eigenvalue weighted by Crippen LogP contribution is 2.33. The van der Waals surface area contributed by atoms with Crippen LogP contribution >= 0.6 is 11.6 Å². The molecule has 0 aliphatic rings. The van der Waals surface area contributed by atoms with Crippen molar-refractivity contribution in [2.24, 2.45) is 0 Å². The number of hydrogen-bond donors (Lipinski definition) is 2. The smallest absolute Gasteiger partial charge is 0.337 e. The zero-order chi connectivity index (χ0) is 20.0. The standard InChI is InChI=1S/C19H18ClNO6/c1-26-16-9-13(19(24)25)14(10-17(16)27-2)21-18(23)8-7-15(22)11-3-5-12(20)6-4-11/h3-6,9-10H,7-8H2,1-2H3,(H,21,23)(H,24,25). The van der Waals surface area contributed by atoms with Gasteiger partial charge in [-0.05, 0) is 24.3 Å². The molecule has 0 saturated heterocycles. The first-order valence-corrected chi connectivity index (χ1v) is 8.31. The Morgan fingerprint density at radius 2 is 1.59 bits per heavy atom. The molecular weight excluding hydrogens is 374 g/mol. The number of ketones is 1. The Balaban J connectivity index is 2.09. The fourth-order valence-electron chi connectivity index (χ4n) is 2.38. The van der Waals surface area contributed by atoms with E-state index in [1.54, 1.807) is 24.3 Å². The molecule has 2 aromatic rings. The van der Waals surface area contributed by atoms with Crippen molar-refractivity contribution in [3.63, 3.8) is 0 Å². The average Bonchev–Trinajstić information content (AvgIpc) is 2.66. The maximum Gasteiger partial charge on any atom is 0.337 e. The van der Waals surface area contributed by atoms with E-state index in [1.807, 2.05) is 0 Å². The van der Waals surface area contributed by atoms with Crippen molar-refractivity contribution in [1.82, 2.24) is 0 Å². The molecule has 0 radical (unpaired) electrons. The van der Waals surface area contributed by atoms with Gasteiger partial charge in [0, 0.05) is 35.6 Å². The second-order valence-corrected chi connectivity index (χ2v) is 5.97. The summed E-state index contributed by atoms with van der Waals surface area (Å²) < 4.78 is 10.2. The number of rotatable bonds is 8. The van der Waals surface area contributed by atoms with Crippen LogP contribution < -0.4 is 14.8 Å². The number of halogens is 1. The highest BCUT2D eigenvalue weighted by Gasteiger charge is 2.18. The molecule has 2 aromatic carbocycles. The number of methoxy groups -OCH3 is 2. The van der Waals surface area contributed by atoms with E-state index in [0.717, 1.165) is 0 Å². The summed E-state index contributed by atoms with van der Waals surface area (Å²) in [6, 6.07) is 8.98. The van der Waals surface area contributed by atoms with E-state index in [2.05, 4.69) is 5.32 Å². The summed E-state index contributed by atoms with van der Waals surface area (Å²) in [6.45, 7) is 0. The van der Waals surface area contributed by atoms with Crippen molar-refractivity contribution < 1.29 is 29.0 Å². The summed E-state index contributed by atoms with van der Waals surface area (Å²) in [5.41, 5.74) is 0.360. The third kappa shape index (κ3) is 5.21. The molecule has 0 aliphatic carbocycles. The third-order valence-corrected chi connectivity index (χ3v) is 4.03. The lowest BCUT2D eigenvalue weighted by atomic mass is 10.1. The third-order valence-electron chi connectivity index (χ3n) is 3.77. The first-order chi connectivity index (χ1) is 12.8. The van der Waals surface area contributed by atoms with Gasteiger partial charge in [0.05, 0.1) is 25.5 Å². The van der Waals surface area contributed by atoms with Crippen LogP contribution in [-0.2, 0) is 4.79 Å². The number of ether oxygens (including phenoxy) is 2. The van der Waals surface area contributed by atoms with E-state index in [4.69, 9.17) is 21.1 Å². The minimum absolute atomic E-state index is 0.0246. The molecule has 8 heteroatoms. The Bertz CT molecular complexity index is 863. The Morgan fingerprint density at radius 3 is 2.15 bits per heavy atom. The molecule has 0 fully saturated rings. The molecule has 2 rings (SSSR count). The number of nitrogens with one attached hydrogen (secondary N) is 1. The number of hydrogen-bond acceptors (Lipinski definition) is 5. The van der Waals surface area contributed by atoms with Gasteiger partial charge >= 0.3 is 5.97 Å². The van der Waals surface area contributed by atoms with Crippen molar-refractivity contribution in [2.75, 3.05) is 19.5 Å². The molecule has 0 saturated carbocycles. The molecule has 0 heterocycles. The van der Waals surface area contributed by atoms with Gasteiger partial charge in [-0.3, -0.25) is 9.59 Å². The molecule has 0 atom stereocenters. The molecule has 0 bridgehead atoms. The predicted molar refractivity (Wildman–Crippen MR) is 100 cm³/mol. The molecule has 0 aliphatic heterocycles. The predicted octanol–water partition coefficient (Wildman–Crippen LogP) is 3.66. The number of carboxylic acid groups (broad SMARTS) is 1. The van der Waals surface area contributed by atoms with E-state index in [0.29, 0.717) is 10.6 Å². The number of anilines is 1. The molecule has 0 aromatic heterocycles. The van der Waals surface area contributed by atoms with Crippen LogP contribution in [0.4, 0.5) is 5.69 Å². The summed E-state index contributed by atoms with van der Waals surface area (Å²) in [4.78, 5) is 35.7. The van der Waals surface area contributed by atoms with Crippen molar-refractivity contribution in [3.8, 4) is 11.5 Å². The minimum Gasteiger partial charge on any atom is -0.493 e. The second-order valence-electron chi connectivity index (χ2n) is 5.54. The molecular formula is C19H18ClNO6. The van der Waals surface area contributed by atoms with E-state index in [-0.39, 0.29) is 41.4 Å². The summed E-state index contributed by atoms with van der Waals surface area (Å²) >= 11 is 5.78. The summed E-state index contributed by atoms with van der Waals surface area (Å²) in [7, 11) is 2.78. The van der Waals surface area contributed by atoms with Gasteiger partial charge in [0.2, 0.25) is 5.91 Å². The van der Waals surface area contributed by atoms with Gasteiger partial charge in [0.15, 0.2) is 17.3 Å². The molecule has 0 unspecified atom stereocenters. The SMILES string of the molecule is COc1cc(NC(=O)CCC(=O)c2ccc(Cl)cc2)c(C(=O)O)cc1OC. The van der Waals surface area contributed by atoms with E-state index in [1.165, 1.54) is 26.4 Å². The highest BCUT2D eigenvalue weighted by atomic mass is 35.5. The van der Waals surface area contributed by atoms with Crippen molar-refractivity contribution in [3.05, 3.63) is 52.5 Å². The van der Waals surface area contributed by atoms with Crippen LogP contribution in [0.5, 0.6) is 11.5 Å². The maximum absolute atomic E-state index is 12.2. The van der Waals surface area contributed by atoms with E-state index in [9.17, 15) is 19.5 Å². The number of benzene rings is 2. The molecule has 1 amide bonds. The summed E-state index contributed by atoms with van der Waals surface area (Å²) in [6.07, 6.45) is -0.127. The van der Waals surface area contributed by atoms with Gasteiger partial charge in [-0.25, -0.2) is 4.79 Å². The minimum atomic E-state index is -1.23. The maximum atomic E-state index is 12.2. The van der Waals surface area contributed by atoms with Crippen LogP contribution in [-0.4, -0.2) is 37.0 Å². The zero-order valence-corrected chi connectivity index (χ0v) is 15.5. The first kappa shape index (κ1) is 20.3. The van der Waals surface area contributed by atoms with Crippen LogP contribution in [0.2, 0.25) is 5.02 Å². The lowest BCUT2D eigenvalue weighted by Gasteiger charge is -2.13. The van der Waals surface area contributed by atoms with Crippen LogP contribution in [0.3, 0.4) is 0 Å². The molecule has 27 heavy (non-hydrogen) atoms. The average molecular weight is 392 g/mol. The van der Waals surface area contributed by atoms with Crippen molar-refractivity contribution >= 4 is 34.9 Å². The lowest BCUT2D eigenvalue weighted by Crippen LogP contribution is -2.16. The van der Waals surface area contributed by atoms with Crippen LogP contribution in [0.15, 0.2) is 36.4 Å². The Hall–Kier alpha value is -3.06. The Kier molecular flexibility index (Phi) is 6.79. The van der Waals surface area contributed by atoms with Crippen LogP contribution in [0.25, 0.3) is 0 Å². The largest absolute Gasteiger partial charge is 0.493 e. The van der Waals surface area contributed by atoms with Crippen LogP contribution in [0, 0.1) is 0 Å². The van der Waals surface area contributed by atoms with Gasteiger partial charge < -0.3 is 19.9 Å². The topological polar surface area (TPSA) is 102 Å². The number of amides is 1. The molecule has 142 valence electrons. The summed E-state index contributed by atoms with van der Waals surface area (Å²) in [5, 5.41) is 12.4. The molecule has 0 spiro atoms. The Morgan fingerprint density at radius 1 is 1.00 bits per heavy atom. The van der Waals surface area contributed by atoms with Gasteiger partial charge in [0.1, 0.15) is 0 Å². The monoisotopic (exact) mass is 391 g/mol. The van der Waals surface area contributed by atoms with E-state index < -0.39 is 11.9 Å². The summed E-state index contributed by atoms with van der Waals surface area (Å²) in [5.74, 6) is -1.44. The highest BCUT2D eigenvalue weighted by molar-refractivity contribution is 6.30. The second kappa shape index (κ2) is 9.05. The van der Waals surface area contributed by atoms with Crippen molar-refractivity contribution in [2.45, 2.75) is 12.8 Å². The Labute approximate surface area is 160 Å². The fraction of sp³-hybridized carbons (Fsp3) is 0.211. The zero-order valence-electron chi connectivity index (χ0n) is 14.7. The van der Waals surface area contributed by atoms with Gasteiger partial charge in [-0.15, -0.1) is 0 Å². The van der Waals surface area contributed by atoms with Gasteiger partial charge in [-0.2, -0.15) is 0 Å². The molecule has 7 nitrogen and oxygen atoms in total. The lowest BCUT2D eigenvalue weighted by molar-refractivity contribution is -0.116. The normalized spacial score (nSPS) is 10.2. The number of aromatic carboxylic acids is 1. The number of carbonyl (C=O) groups excluding carboxylic acids is 2. The van der Waals surface area contributed by atoms with Crippen molar-refractivity contribution in [1.29, 1.82) is 0 Å². The van der Waals surface area contributed by atoms with E-state index >= 15 is 0 Å². The van der Waals surface area contributed by atoms with Gasteiger partial charge in [0.25, 0.3) is 0 Å².